The van der Waals surface area contributed by atoms with E-state index in [2.05, 4.69) is 17.2 Å². The van der Waals surface area contributed by atoms with Gasteiger partial charge in [0.1, 0.15) is 18.9 Å². The third-order valence-corrected chi connectivity index (χ3v) is 4.98. The second-order valence-electron chi connectivity index (χ2n) is 7.61. The molecule has 9 nitrogen and oxygen atoms in total. The molecule has 1 amide bonds. The molecule has 0 atom stereocenters. The highest BCUT2D eigenvalue weighted by atomic mass is 16.7. The van der Waals surface area contributed by atoms with Crippen molar-refractivity contribution in [2.24, 2.45) is 10.4 Å². The van der Waals surface area contributed by atoms with Gasteiger partial charge in [-0.1, -0.05) is 25.5 Å². The molecule has 0 radical (unpaired) electrons. The molecule has 0 unspecified atom stereocenters. The molecular formula is C22H23N3O6. The number of nitro groups is 1. The van der Waals surface area contributed by atoms with Crippen LogP contribution in [0.1, 0.15) is 31.7 Å². The van der Waals surface area contributed by atoms with Crippen LogP contribution in [0.3, 0.4) is 0 Å². The van der Waals surface area contributed by atoms with E-state index in [1.165, 1.54) is 30.7 Å². The standard InChI is InChI=1S/C22H23N3O6/c1-22(11-2-12-22)15-23-13-20(26)24-17-5-3-16(4-6-17)14-30-21(27)31-19-9-7-18(8-10-19)25(28)29/h3-10,15H,2,11-14H2,1H3,(H,24,26). The largest absolute Gasteiger partial charge is 0.514 e. The molecule has 1 fully saturated rings. The molecule has 1 aliphatic rings. The summed E-state index contributed by atoms with van der Waals surface area (Å²) in [4.78, 5) is 38.1. The van der Waals surface area contributed by atoms with Crippen molar-refractivity contribution in [3.63, 3.8) is 0 Å². The number of aliphatic imine (C=N–C) groups is 1. The number of hydrogen-bond acceptors (Lipinski definition) is 7. The number of nitrogens with zero attached hydrogens (tertiary/aromatic N) is 2. The summed E-state index contributed by atoms with van der Waals surface area (Å²) in [6.07, 6.45) is 4.39. The van der Waals surface area contributed by atoms with Gasteiger partial charge in [-0.25, -0.2) is 4.79 Å². The van der Waals surface area contributed by atoms with E-state index in [1.54, 1.807) is 24.3 Å². The third kappa shape index (κ3) is 6.63. The van der Waals surface area contributed by atoms with Gasteiger partial charge in [0.25, 0.3) is 5.69 Å². The van der Waals surface area contributed by atoms with Crippen LogP contribution in [0.5, 0.6) is 5.75 Å². The van der Waals surface area contributed by atoms with Crippen molar-refractivity contribution < 1.29 is 24.0 Å². The Morgan fingerprint density at radius 1 is 1.16 bits per heavy atom. The quantitative estimate of drug-likeness (QED) is 0.218. The first kappa shape index (κ1) is 21.9. The number of hydrogen-bond donors (Lipinski definition) is 1. The predicted molar refractivity (Wildman–Crippen MR) is 114 cm³/mol. The van der Waals surface area contributed by atoms with Gasteiger partial charge in [0.05, 0.1) is 4.92 Å². The second-order valence-corrected chi connectivity index (χ2v) is 7.61. The summed E-state index contributed by atoms with van der Waals surface area (Å²) in [5.74, 6) is -0.0579. The Balaban J connectivity index is 1.40. The van der Waals surface area contributed by atoms with Crippen LogP contribution in [-0.4, -0.2) is 29.7 Å². The van der Waals surface area contributed by atoms with E-state index in [-0.39, 0.29) is 35.9 Å². The van der Waals surface area contributed by atoms with Crippen LogP contribution in [0.4, 0.5) is 16.2 Å². The van der Waals surface area contributed by atoms with E-state index in [0.29, 0.717) is 11.3 Å². The molecule has 31 heavy (non-hydrogen) atoms. The summed E-state index contributed by atoms with van der Waals surface area (Å²) in [7, 11) is 0. The molecule has 0 heterocycles. The highest BCUT2D eigenvalue weighted by Crippen LogP contribution is 2.38. The lowest BCUT2D eigenvalue weighted by atomic mass is 9.71. The van der Waals surface area contributed by atoms with Crippen molar-refractivity contribution in [1.82, 2.24) is 0 Å². The third-order valence-electron chi connectivity index (χ3n) is 4.98. The molecule has 0 spiro atoms. The Bertz CT molecular complexity index is 966. The molecular weight excluding hydrogens is 402 g/mol. The number of nitro benzene ring substituents is 1. The van der Waals surface area contributed by atoms with Crippen LogP contribution in [0.2, 0.25) is 0 Å². The topological polar surface area (TPSA) is 120 Å². The highest BCUT2D eigenvalue weighted by molar-refractivity contribution is 5.93. The van der Waals surface area contributed by atoms with Crippen LogP contribution < -0.4 is 10.1 Å². The molecule has 9 heteroatoms. The number of benzene rings is 2. The van der Waals surface area contributed by atoms with Crippen molar-refractivity contribution in [3.05, 3.63) is 64.2 Å². The summed E-state index contributed by atoms with van der Waals surface area (Å²) in [5, 5.41) is 13.4. The molecule has 1 N–H and O–H groups in total. The molecule has 0 bridgehead atoms. The van der Waals surface area contributed by atoms with Crippen LogP contribution >= 0.6 is 0 Å². The molecule has 162 valence electrons. The van der Waals surface area contributed by atoms with Gasteiger partial charge >= 0.3 is 6.16 Å². The molecule has 3 rings (SSSR count). The number of non-ortho nitro benzene ring substituents is 1. The number of anilines is 1. The average molecular weight is 425 g/mol. The SMILES string of the molecule is CC1(C=NCC(=O)Nc2ccc(COC(=O)Oc3ccc([N+](=O)[O-])cc3)cc2)CCC1. The van der Waals surface area contributed by atoms with E-state index < -0.39 is 11.1 Å². The number of carbonyl (C=O) groups excluding carboxylic acids is 2. The van der Waals surface area contributed by atoms with Gasteiger partial charge in [0.2, 0.25) is 5.91 Å². The van der Waals surface area contributed by atoms with Crippen molar-refractivity contribution in [3.8, 4) is 5.75 Å². The van der Waals surface area contributed by atoms with E-state index in [9.17, 15) is 19.7 Å². The van der Waals surface area contributed by atoms with Gasteiger partial charge in [-0.3, -0.25) is 19.9 Å². The van der Waals surface area contributed by atoms with E-state index in [1.807, 2.05) is 6.21 Å². The van der Waals surface area contributed by atoms with Gasteiger partial charge in [0.15, 0.2) is 0 Å². The molecule has 0 saturated heterocycles. The number of nitrogens with one attached hydrogen (secondary N) is 1. The lowest BCUT2D eigenvalue weighted by Crippen LogP contribution is -2.27. The van der Waals surface area contributed by atoms with E-state index in [0.717, 1.165) is 12.8 Å². The molecule has 1 aliphatic carbocycles. The van der Waals surface area contributed by atoms with E-state index in [4.69, 9.17) is 9.47 Å². The first-order chi connectivity index (χ1) is 14.8. The molecule has 1 saturated carbocycles. The van der Waals surface area contributed by atoms with Crippen LogP contribution in [0.15, 0.2) is 53.5 Å². The van der Waals surface area contributed by atoms with Crippen LogP contribution in [0.25, 0.3) is 0 Å². The van der Waals surface area contributed by atoms with Crippen LogP contribution in [-0.2, 0) is 16.1 Å². The Labute approximate surface area is 179 Å². The normalized spacial score (nSPS) is 14.5. The smallest absolute Gasteiger partial charge is 0.429 e. The van der Waals surface area contributed by atoms with Gasteiger partial charge < -0.3 is 14.8 Å². The maximum absolute atomic E-state index is 12.0. The summed E-state index contributed by atoms with van der Waals surface area (Å²) in [6, 6.07) is 11.9. The summed E-state index contributed by atoms with van der Waals surface area (Å²) < 4.78 is 10.00. The summed E-state index contributed by atoms with van der Waals surface area (Å²) >= 11 is 0. The predicted octanol–water partition coefficient (Wildman–Crippen LogP) is 4.51. The fourth-order valence-corrected chi connectivity index (χ4v) is 3.00. The minimum absolute atomic E-state index is 0.0249. The fraction of sp³-hybridized carbons (Fsp3) is 0.318. The first-order valence-electron chi connectivity index (χ1n) is 9.82. The number of ether oxygens (including phenoxy) is 2. The lowest BCUT2D eigenvalue weighted by molar-refractivity contribution is -0.384. The van der Waals surface area contributed by atoms with Gasteiger partial charge in [0, 0.05) is 29.4 Å². The van der Waals surface area contributed by atoms with E-state index >= 15 is 0 Å². The minimum Gasteiger partial charge on any atom is -0.429 e. The second kappa shape index (κ2) is 9.84. The van der Waals surface area contributed by atoms with Gasteiger partial charge in [-0.2, -0.15) is 0 Å². The minimum atomic E-state index is -0.927. The zero-order chi connectivity index (χ0) is 22.3. The number of rotatable bonds is 8. The monoisotopic (exact) mass is 425 g/mol. The lowest BCUT2D eigenvalue weighted by Gasteiger charge is -2.34. The Hall–Kier alpha value is -3.75. The molecule has 0 aliphatic heterocycles. The Morgan fingerprint density at radius 3 is 2.42 bits per heavy atom. The van der Waals surface area contributed by atoms with Crippen molar-refractivity contribution >= 4 is 29.7 Å². The van der Waals surface area contributed by atoms with Crippen LogP contribution in [0, 0.1) is 15.5 Å². The zero-order valence-electron chi connectivity index (χ0n) is 17.1. The van der Waals surface area contributed by atoms with Gasteiger partial charge in [-0.15, -0.1) is 0 Å². The number of amides is 1. The van der Waals surface area contributed by atoms with Crippen molar-refractivity contribution in [2.75, 3.05) is 11.9 Å². The molecule has 0 aromatic heterocycles. The molecule has 2 aromatic carbocycles. The fourth-order valence-electron chi connectivity index (χ4n) is 3.00. The maximum atomic E-state index is 12.0. The van der Waals surface area contributed by atoms with Gasteiger partial charge in [-0.05, 0) is 42.7 Å². The highest BCUT2D eigenvalue weighted by Gasteiger charge is 2.29. The molecule has 2 aromatic rings. The zero-order valence-corrected chi connectivity index (χ0v) is 17.1. The van der Waals surface area contributed by atoms with Crippen molar-refractivity contribution in [1.29, 1.82) is 0 Å². The first-order valence-corrected chi connectivity index (χ1v) is 9.82. The maximum Gasteiger partial charge on any atom is 0.514 e. The number of carbonyl (C=O) groups is 2. The Kier molecular flexibility index (Phi) is 6.96. The average Bonchev–Trinajstić information content (AvgIpc) is 2.72. The van der Waals surface area contributed by atoms with Crippen molar-refractivity contribution in [2.45, 2.75) is 32.8 Å². The summed E-state index contributed by atoms with van der Waals surface area (Å²) in [6.45, 7) is 2.19. The Morgan fingerprint density at radius 2 is 1.84 bits per heavy atom. The summed E-state index contributed by atoms with van der Waals surface area (Å²) in [5.41, 5.74) is 1.36.